The van der Waals surface area contributed by atoms with Crippen molar-refractivity contribution in [2.45, 2.75) is 47.6 Å². The molecule has 0 aliphatic heterocycles. The Morgan fingerprint density at radius 2 is 1.52 bits per heavy atom. The number of hydrogen-bond acceptors (Lipinski definition) is 2. The van der Waals surface area contributed by atoms with Crippen LogP contribution in [-0.4, -0.2) is 28.6 Å². The maximum atomic E-state index is 13.4. The number of sulfone groups is 1. The second kappa shape index (κ2) is 8.35. The summed E-state index contributed by atoms with van der Waals surface area (Å²) in [5, 5.41) is -0.291. The van der Waals surface area contributed by atoms with Crippen LogP contribution in [-0.2, 0) is 9.84 Å². The Labute approximate surface area is 157 Å². The van der Waals surface area contributed by atoms with Gasteiger partial charge in [-0.1, -0.05) is 0 Å². The molecular weight excluding hydrogens is 395 g/mol. The van der Waals surface area contributed by atoms with E-state index in [0.717, 1.165) is 24.8 Å². The first kappa shape index (κ1) is 18.4. The van der Waals surface area contributed by atoms with Crippen LogP contribution < -0.4 is 4.46 Å². The molecule has 1 aliphatic carbocycles. The number of allylic oxidation sites excluding steroid dienone is 2. The van der Waals surface area contributed by atoms with Crippen LogP contribution in [0.4, 0.5) is 0 Å². The van der Waals surface area contributed by atoms with Crippen molar-refractivity contribution >= 4 is 29.3 Å². The van der Waals surface area contributed by atoms with Gasteiger partial charge < -0.3 is 0 Å². The van der Waals surface area contributed by atoms with Gasteiger partial charge in [-0.05, 0) is 0 Å². The summed E-state index contributed by atoms with van der Waals surface area (Å²) in [6.07, 6.45) is 7.83. The van der Waals surface area contributed by atoms with E-state index < -0.39 is 9.84 Å². The first-order valence-corrected chi connectivity index (χ1v) is 12.1. The second-order valence-electron chi connectivity index (χ2n) is 6.49. The molecular formula is C21H24O2SSe. The van der Waals surface area contributed by atoms with Crippen LogP contribution in [0.2, 0.25) is 4.82 Å². The van der Waals surface area contributed by atoms with Gasteiger partial charge in [0.15, 0.2) is 0 Å². The molecule has 0 fully saturated rings. The Hall–Kier alpha value is -1.35. The van der Waals surface area contributed by atoms with Crippen LogP contribution in [0.5, 0.6) is 0 Å². The first-order valence-electron chi connectivity index (χ1n) is 8.74. The quantitative estimate of drug-likeness (QED) is 0.553. The molecule has 2 atom stereocenters. The van der Waals surface area contributed by atoms with Crippen molar-refractivity contribution in [2.75, 3.05) is 0 Å². The molecule has 0 N–H and O–H groups in total. The topological polar surface area (TPSA) is 34.1 Å². The van der Waals surface area contributed by atoms with Gasteiger partial charge >= 0.3 is 158 Å². The maximum absolute atomic E-state index is 13.4. The van der Waals surface area contributed by atoms with Gasteiger partial charge in [0, 0.05) is 0 Å². The van der Waals surface area contributed by atoms with Gasteiger partial charge in [0.25, 0.3) is 0 Å². The molecule has 2 nitrogen and oxygen atoms in total. The number of rotatable bonds is 4. The first-order chi connectivity index (χ1) is 12.1. The van der Waals surface area contributed by atoms with Crippen molar-refractivity contribution in [3.8, 4) is 0 Å². The third-order valence-electron chi connectivity index (χ3n) is 4.60. The Balaban J connectivity index is 1.92. The van der Waals surface area contributed by atoms with Gasteiger partial charge in [-0.2, -0.15) is 0 Å². The van der Waals surface area contributed by atoms with E-state index in [1.54, 1.807) is 12.1 Å². The predicted octanol–water partition coefficient (Wildman–Crippen LogP) is 4.09. The Kier molecular flexibility index (Phi) is 6.16. The van der Waals surface area contributed by atoms with Crippen LogP contribution in [0.1, 0.15) is 31.2 Å². The van der Waals surface area contributed by atoms with Gasteiger partial charge in [0.05, 0.1) is 0 Å². The molecule has 0 heterocycles. The van der Waals surface area contributed by atoms with Crippen molar-refractivity contribution in [3.05, 3.63) is 72.3 Å². The van der Waals surface area contributed by atoms with E-state index in [4.69, 9.17) is 0 Å². The van der Waals surface area contributed by atoms with Gasteiger partial charge in [0.2, 0.25) is 0 Å². The summed E-state index contributed by atoms with van der Waals surface area (Å²) in [6.45, 7) is 1.98. The number of benzene rings is 2. The molecule has 3 rings (SSSR count). The fourth-order valence-electron chi connectivity index (χ4n) is 3.19. The average molecular weight is 419 g/mol. The molecule has 1 aliphatic rings. The van der Waals surface area contributed by atoms with E-state index in [9.17, 15) is 8.42 Å². The average Bonchev–Trinajstić information content (AvgIpc) is 2.58. The normalized spacial score (nSPS) is 22.8. The van der Waals surface area contributed by atoms with Crippen molar-refractivity contribution in [1.82, 2.24) is 0 Å². The summed E-state index contributed by atoms with van der Waals surface area (Å²) >= 11 is 0.162. The fourth-order valence-corrected chi connectivity index (χ4v) is 8.78. The van der Waals surface area contributed by atoms with Crippen LogP contribution in [0, 0.1) is 6.92 Å². The summed E-state index contributed by atoms with van der Waals surface area (Å²) in [4.78, 5) is 0.688. The minimum absolute atomic E-state index is 0.162. The van der Waals surface area contributed by atoms with Gasteiger partial charge in [-0.25, -0.2) is 0 Å². The van der Waals surface area contributed by atoms with Gasteiger partial charge in [-0.15, -0.1) is 0 Å². The molecule has 0 spiro atoms. The van der Waals surface area contributed by atoms with Gasteiger partial charge in [-0.3, -0.25) is 0 Å². The van der Waals surface area contributed by atoms with E-state index in [0.29, 0.717) is 11.3 Å². The van der Waals surface area contributed by atoms with Crippen molar-refractivity contribution < 1.29 is 8.42 Å². The molecule has 2 aromatic rings. The zero-order chi connectivity index (χ0) is 17.7. The zero-order valence-electron chi connectivity index (χ0n) is 14.5. The summed E-state index contributed by atoms with van der Waals surface area (Å²) in [6, 6.07) is 17.7. The Bertz CT molecular complexity index is 811. The SMILES string of the molecule is Cc1ccc(S(=O)(=O)C2CC/C=C\CCC2[Se]c2ccccc2)cc1. The molecule has 4 heteroatoms. The van der Waals surface area contributed by atoms with Crippen LogP contribution in [0.15, 0.2) is 71.6 Å². The third kappa shape index (κ3) is 4.63. The molecule has 0 aromatic heterocycles. The van der Waals surface area contributed by atoms with Crippen LogP contribution in [0.3, 0.4) is 0 Å². The third-order valence-corrected chi connectivity index (χ3v) is 10.2. The summed E-state index contributed by atoms with van der Waals surface area (Å²) < 4.78 is 28.0. The van der Waals surface area contributed by atoms with Crippen molar-refractivity contribution in [1.29, 1.82) is 0 Å². The minimum atomic E-state index is -3.31. The molecule has 25 heavy (non-hydrogen) atoms. The molecule has 0 radical (unpaired) electrons. The van der Waals surface area contributed by atoms with Gasteiger partial charge in [0.1, 0.15) is 0 Å². The Morgan fingerprint density at radius 3 is 2.20 bits per heavy atom. The van der Waals surface area contributed by atoms with E-state index in [1.807, 2.05) is 37.3 Å². The van der Waals surface area contributed by atoms with Crippen molar-refractivity contribution in [3.63, 3.8) is 0 Å². The van der Waals surface area contributed by atoms with E-state index >= 15 is 0 Å². The van der Waals surface area contributed by atoms with Crippen LogP contribution in [0.25, 0.3) is 0 Å². The molecule has 2 aromatic carbocycles. The number of hydrogen-bond donors (Lipinski definition) is 0. The summed E-state index contributed by atoms with van der Waals surface area (Å²) in [5.41, 5.74) is 1.09. The standard InChI is InChI=1S/C21H24O2SSe/c1-17-13-15-18(16-14-17)24(22,23)20-11-7-2-3-8-12-21(20)25-19-9-5-4-6-10-19/h2-6,9-10,13-16,20-21H,7-8,11-12H2,1H3/b3-2-. The number of aryl methyl sites for hydroxylation is 1. The fraction of sp³-hybridized carbons (Fsp3) is 0.333. The van der Waals surface area contributed by atoms with E-state index in [-0.39, 0.29) is 25.0 Å². The summed E-state index contributed by atoms with van der Waals surface area (Å²) in [7, 11) is -3.31. The van der Waals surface area contributed by atoms with Crippen molar-refractivity contribution in [2.24, 2.45) is 0 Å². The van der Waals surface area contributed by atoms with E-state index in [2.05, 4.69) is 24.3 Å². The zero-order valence-corrected chi connectivity index (χ0v) is 17.0. The predicted molar refractivity (Wildman–Crippen MR) is 105 cm³/mol. The molecule has 132 valence electrons. The molecule has 0 bridgehead atoms. The molecule has 0 saturated carbocycles. The van der Waals surface area contributed by atoms with E-state index in [1.165, 1.54) is 4.46 Å². The Morgan fingerprint density at radius 1 is 0.880 bits per heavy atom. The molecule has 0 amide bonds. The molecule has 0 saturated heterocycles. The molecule has 2 unspecified atom stereocenters. The second-order valence-corrected chi connectivity index (χ2v) is 11.4. The summed E-state index contributed by atoms with van der Waals surface area (Å²) in [5.74, 6) is 0. The van der Waals surface area contributed by atoms with Crippen LogP contribution >= 0.6 is 0 Å². The monoisotopic (exact) mass is 420 g/mol.